The Morgan fingerprint density at radius 2 is 1.70 bits per heavy atom. The molecule has 2 amide bonds. The minimum absolute atomic E-state index is 0.0376. The second kappa shape index (κ2) is 6.16. The van der Waals surface area contributed by atoms with Crippen LogP contribution in [0.4, 0.5) is 10.5 Å². The number of benzene rings is 1. The molecule has 2 fully saturated rings. The largest absolute Gasteiger partial charge is 0.381 e. The second-order valence-electron chi connectivity index (χ2n) is 7.88. The van der Waals surface area contributed by atoms with Crippen LogP contribution in [0.25, 0.3) is 0 Å². The topological polar surface area (TPSA) is 41.6 Å². The summed E-state index contributed by atoms with van der Waals surface area (Å²) in [6.45, 7) is 6.58. The molecule has 23 heavy (non-hydrogen) atoms. The highest BCUT2D eigenvalue weighted by atomic mass is 16.5. The molecule has 0 spiro atoms. The van der Waals surface area contributed by atoms with E-state index in [1.807, 2.05) is 17.0 Å². The molecule has 2 aliphatic rings. The van der Waals surface area contributed by atoms with Gasteiger partial charge in [0.2, 0.25) is 0 Å². The summed E-state index contributed by atoms with van der Waals surface area (Å²) in [5.41, 5.74) is 2.27. The third-order valence-electron chi connectivity index (χ3n) is 5.26. The van der Waals surface area contributed by atoms with Crippen LogP contribution in [-0.2, 0) is 10.2 Å². The van der Waals surface area contributed by atoms with Gasteiger partial charge in [-0.25, -0.2) is 4.79 Å². The van der Waals surface area contributed by atoms with Crippen molar-refractivity contribution in [3.63, 3.8) is 0 Å². The van der Waals surface area contributed by atoms with E-state index in [0.717, 1.165) is 31.4 Å². The van der Waals surface area contributed by atoms with E-state index < -0.39 is 0 Å². The number of rotatable bonds is 2. The summed E-state index contributed by atoms with van der Waals surface area (Å²) >= 11 is 0. The number of ether oxygens (including phenoxy) is 1. The highest BCUT2D eigenvalue weighted by Gasteiger charge is 2.43. The van der Waals surface area contributed by atoms with Gasteiger partial charge in [-0.3, -0.25) is 0 Å². The summed E-state index contributed by atoms with van der Waals surface area (Å²) in [6, 6.07) is 8.89. The normalized spacial score (nSPS) is 27.1. The van der Waals surface area contributed by atoms with Gasteiger partial charge in [0, 0.05) is 24.9 Å². The van der Waals surface area contributed by atoms with Crippen LogP contribution in [0.1, 0.15) is 52.0 Å². The van der Waals surface area contributed by atoms with E-state index in [9.17, 15) is 4.79 Å². The molecule has 0 radical (unpaired) electrons. The number of carbonyl (C=O) groups excluding carboxylic acids is 1. The summed E-state index contributed by atoms with van der Waals surface area (Å²) < 4.78 is 5.50. The molecule has 0 aromatic heterocycles. The molecule has 3 rings (SSSR count). The van der Waals surface area contributed by atoms with E-state index in [1.54, 1.807) is 7.11 Å². The number of urea groups is 1. The van der Waals surface area contributed by atoms with Crippen molar-refractivity contribution in [1.29, 1.82) is 0 Å². The fourth-order valence-corrected chi connectivity index (χ4v) is 3.89. The lowest BCUT2D eigenvalue weighted by atomic mass is 9.87. The molecule has 2 unspecified atom stereocenters. The summed E-state index contributed by atoms with van der Waals surface area (Å²) in [5.74, 6) is 0. The Morgan fingerprint density at radius 1 is 1.13 bits per heavy atom. The van der Waals surface area contributed by atoms with Crippen molar-refractivity contribution in [3.05, 3.63) is 29.8 Å². The van der Waals surface area contributed by atoms with Crippen LogP contribution in [0, 0.1) is 0 Å². The van der Waals surface area contributed by atoms with Gasteiger partial charge in [-0.05, 0) is 48.8 Å². The van der Waals surface area contributed by atoms with Crippen LogP contribution in [0.3, 0.4) is 0 Å². The number of nitrogens with zero attached hydrogens (tertiary/aromatic N) is 1. The lowest BCUT2D eigenvalue weighted by Gasteiger charge is -2.38. The zero-order valence-electron chi connectivity index (χ0n) is 14.6. The van der Waals surface area contributed by atoms with Crippen LogP contribution >= 0.6 is 0 Å². The van der Waals surface area contributed by atoms with Gasteiger partial charge in [0.15, 0.2) is 0 Å². The van der Waals surface area contributed by atoms with E-state index in [0.29, 0.717) is 18.2 Å². The maximum absolute atomic E-state index is 12.7. The highest BCUT2D eigenvalue weighted by Crippen LogP contribution is 2.37. The van der Waals surface area contributed by atoms with Gasteiger partial charge in [0.25, 0.3) is 0 Å². The molecule has 2 atom stereocenters. The molecule has 0 aliphatic carbocycles. The first kappa shape index (κ1) is 16.3. The smallest absolute Gasteiger partial charge is 0.322 e. The Balaban J connectivity index is 1.66. The Kier molecular flexibility index (Phi) is 4.37. The van der Waals surface area contributed by atoms with Crippen molar-refractivity contribution < 1.29 is 9.53 Å². The SMILES string of the molecule is COC1CC2CCC(C1)N2C(=O)Nc1ccc(C(C)(C)C)cc1. The number of carbonyl (C=O) groups is 1. The Hall–Kier alpha value is -1.55. The van der Waals surface area contributed by atoms with Gasteiger partial charge in [-0.1, -0.05) is 32.9 Å². The third kappa shape index (κ3) is 3.37. The van der Waals surface area contributed by atoms with Crippen LogP contribution < -0.4 is 5.32 Å². The molecular weight excluding hydrogens is 288 g/mol. The van der Waals surface area contributed by atoms with Crippen molar-refractivity contribution in [2.45, 2.75) is 70.1 Å². The molecule has 2 aliphatic heterocycles. The number of methoxy groups -OCH3 is 1. The zero-order chi connectivity index (χ0) is 16.6. The van der Waals surface area contributed by atoms with E-state index in [1.165, 1.54) is 5.56 Å². The summed E-state index contributed by atoms with van der Waals surface area (Å²) in [4.78, 5) is 14.7. The molecule has 4 heteroatoms. The summed E-state index contributed by atoms with van der Waals surface area (Å²) in [7, 11) is 1.77. The standard InChI is InChI=1S/C19H28N2O2/c1-19(2,3)13-5-7-14(8-6-13)20-18(22)21-15-9-10-16(21)12-17(11-15)23-4/h5-8,15-17H,9-12H2,1-4H3,(H,20,22). The molecule has 1 aromatic rings. The quantitative estimate of drug-likeness (QED) is 0.890. The first-order chi connectivity index (χ1) is 10.9. The molecular formula is C19H28N2O2. The predicted octanol–water partition coefficient (Wildman–Crippen LogP) is 4.16. The number of nitrogens with one attached hydrogen (secondary N) is 1. The maximum atomic E-state index is 12.7. The molecule has 1 N–H and O–H groups in total. The fraction of sp³-hybridized carbons (Fsp3) is 0.632. The van der Waals surface area contributed by atoms with E-state index in [2.05, 4.69) is 38.2 Å². The van der Waals surface area contributed by atoms with Crippen molar-refractivity contribution in [2.24, 2.45) is 0 Å². The molecule has 0 saturated carbocycles. The number of amides is 2. The van der Waals surface area contributed by atoms with Gasteiger partial charge >= 0.3 is 6.03 Å². The Bertz CT molecular complexity index is 548. The zero-order valence-corrected chi connectivity index (χ0v) is 14.6. The average Bonchev–Trinajstić information content (AvgIpc) is 2.77. The van der Waals surface area contributed by atoms with Crippen LogP contribution in [-0.4, -0.2) is 36.2 Å². The van der Waals surface area contributed by atoms with Crippen LogP contribution in [0.5, 0.6) is 0 Å². The van der Waals surface area contributed by atoms with Crippen molar-refractivity contribution in [1.82, 2.24) is 4.90 Å². The Labute approximate surface area is 139 Å². The predicted molar refractivity (Wildman–Crippen MR) is 92.8 cm³/mol. The number of piperidine rings is 1. The van der Waals surface area contributed by atoms with E-state index in [-0.39, 0.29) is 11.4 Å². The molecule has 2 heterocycles. The summed E-state index contributed by atoms with van der Waals surface area (Å²) in [6.07, 6.45) is 4.43. The number of anilines is 1. The molecule has 2 bridgehead atoms. The second-order valence-corrected chi connectivity index (χ2v) is 7.88. The molecule has 1 aromatic carbocycles. The first-order valence-electron chi connectivity index (χ1n) is 8.61. The third-order valence-corrected chi connectivity index (χ3v) is 5.26. The van der Waals surface area contributed by atoms with Gasteiger partial charge in [-0.15, -0.1) is 0 Å². The fourth-order valence-electron chi connectivity index (χ4n) is 3.89. The van der Waals surface area contributed by atoms with Gasteiger partial charge in [0.1, 0.15) is 0 Å². The lowest BCUT2D eigenvalue weighted by molar-refractivity contribution is 0.0232. The number of hydrogen-bond donors (Lipinski definition) is 1. The average molecular weight is 316 g/mol. The van der Waals surface area contributed by atoms with Crippen molar-refractivity contribution in [2.75, 3.05) is 12.4 Å². The first-order valence-corrected chi connectivity index (χ1v) is 8.61. The van der Waals surface area contributed by atoms with Crippen molar-refractivity contribution >= 4 is 11.7 Å². The summed E-state index contributed by atoms with van der Waals surface area (Å²) in [5, 5.41) is 3.07. The minimum Gasteiger partial charge on any atom is -0.381 e. The molecule has 126 valence electrons. The van der Waals surface area contributed by atoms with E-state index >= 15 is 0 Å². The highest BCUT2D eigenvalue weighted by molar-refractivity contribution is 5.90. The van der Waals surface area contributed by atoms with Crippen molar-refractivity contribution in [3.8, 4) is 0 Å². The van der Waals surface area contributed by atoms with Gasteiger partial charge in [-0.2, -0.15) is 0 Å². The van der Waals surface area contributed by atoms with Crippen LogP contribution in [0.15, 0.2) is 24.3 Å². The molecule has 4 nitrogen and oxygen atoms in total. The maximum Gasteiger partial charge on any atom is 0.322 e. The van der Waals surface area contributed by atoms with Crippen LogP contribution in [0.2, 0.25) is 0 Å². The van der Waals surface area contributed by atoms with Gasteiger partial charge in [0.05, 0.1) is 6.10 Å². The minimum atomic E-state index is 0.0376. The molecule has 2 saturated heterocycles. The van der Waals surface area contributed by atoms with Gasteiger partial charge < -0.3 is 15.0 Å². The monoisotopic (exact) mass is 316 g/mol. The van der Waals surface area contributed by atoms with E-state index in [4.69, 9.17) is 4.74 Å². The Morgan fingerprint density at radius 3 is 2.17 bits per heavy atom. The lowest BCUT2D eigenvalue weighted by Crippen LogP contribution is -2.50. The number of fused-ring (bicyclic) bond motifs is 2. The number of hydrogen-bond acceptors (Lipinski definition) is 2.